The van der Waals surface area contributed by atoms with Crippen LogP contribution >= 0.6 is 24.0 Å². The van der Waals surface area contributed by atoms with Crippen molar-refractivity contribution in [3.8, 4) is 5.75 Å². The van der Waals surface area contributed by atoms with Crippen LogP contribution in [0.5, 0.6) is 5.75 Å². The van der Waals surface area contributed by atoms with E-state index in [1.807, 2.05) is 26.8 Å². The second-order valence-electron chi connectivity index (χ2n) is 8.82. The van der Waals surface area contributed by atoms with Crippen molar-refractivity contribution in [1.29, 1.82) is 0 Å². The molecule has 2 aromatic rings. The topological polar surface area (TPSA) is 95.9 Å². The first-order valence-corrected chi connectivity index (χ1v) is 11.4. The molecule has 1 saturated heterocycles. The molecule has 33 heavy (non-hydrogen) atoms. The molecule has 0 spiro atoms. The highest BCUT2D eigenvalue weighted by molar-refractivity contribution is 8.26. The molecule has 2 amide bonds. The van der Waals surface area contributed by atoms with Gasteiger partial charge in [0.1, 0.15) is 10.1 Å². The first kappa shape index (κ1) is 23.0. The van der Waals surface area contributed by atoms with Crippen LogP contribution < -0.4 is 15.0 Å². The zero-order valence-corrected chi connectivity index (χ0v) is 19.9. The molecule has 170 valence electrons. The summed E-state index contributed by atoms with van der Waals surface area (Å²) in [6.07, 6.45) is 1.71. The molecular formula is C24H22N2O5S2. The van der Waals surface area contributed by atoms with E-state index < -0.39 is 5.97 Å². The van der Waals surface area contributed by atoms with Crippen molar-refractivity contribution in [3.63, 3.8) is 0 Å². The molecule has 2 heterocycles. The number of anilines is 1. The van der Waals surface area contributed by atoms with E-state index >= 15 is 0 Å². The van der Waals surface area contributed by atoms with Crippen LogP contribution in [0.2, 0.25) is 0 Å². The van der Waals surface area contributed by atoms with Gasteiger partial charge in [-0.1, -0.05) is 56.9 Å². The maximum Gasteiger partial charge on any atom is 0.335 e. The van der Waals surface area contributed by atoms with Gasteiger partial charge in [0, 0.05) is 0 Å². The molecule has 7 nitrogen and oxygen atoms in total. The number of carbonyl (C=O) groups excluding carboxylic acids is 2. The number of carboxylic acid groups (broad SMARTS) is 1. The number of rotatable bonds is 4. The summed E-state index contributed by atoms with van der Waals surface area (Å²) in [7, 11) is 0. The van der Waals surface area contributed by atoms with Gasteiger partial charge in [-0.2, -0.15) is 0 Å². The predicted octanol–water partition coefficient (Wildman–Crippen LogP) is 4.10. The highest BCUT2D eigenvalue weighted by Gasteiger charge is 2.28. The first-order valence-electron chi connectivity index (χ1n) is 10.2. The predicted molar refractivity (Wildman–Crippen MR) is 132 cm³/mol. The lowest BCUT2D eigenvalue weighted by Gasteiger charge is -2.30. The summed E-state index contributed by atoms with van der Waals surface area (Å²) in [5, 5.41) is 12.2. The number of hydrogen-bond acceptors (Lipinski definition) is 6. The molecule has 2 aliphatic rings. The average Bonchev–Trinajstić information content (AvgIpc) is 3.06. The summed E-state index contributed by atoms with van der Waals surface area (Å²) in [6.45, 7) is 6.12. The lowest BCUT2D eigenvalue weighted by atomic mass is 9.85. The van der Waals surface area contributed by atoms with Crippen molar-refractivity contribution in [2.45, 2.75) is 32.7 Å². The van der Waals surface area contributed by atoms with Gasteiger partial charge in [-0.3, -0.25) is 9.59 Å². The Morgan fingerprint density at radius 2 is 2.00 bits per heavy atom. The van der Waals surface area contributed by atoms with Crippen molar-refractivity contribution in [2.75, 3.05) is 11.5 Å². The Morgan fingerprint density at radius 1 is 1.24 bits per heavy atom. The van der Waals surface area contributed by atoms with Gasteiger partial charge in [0.25, 0.3) is 11.8 Å². The molecule has 0 unspecified atom stereocenters. The van der Waals surface area contributed by atoms with Gasteiger partial charge in [0.05, 0.1) is 22.7 Å². The van der Waals surface area contributed by atoms with Gasteiger partial charge in [-0.15, -0.1) is 0 Å². The monoisotopic (exact) mass is 482 g/mol. The number of thioether (sulfide) groups is 1. The molecule has 4 rings (SSSR count). The number of hydrogen-bond donors (Lipinski definition) is 2. The number of amides is 2. The molecule has 2 aromatic carbocycles. The number of ether oxygens (including phenoxy) is 1. The Bertz CT molecular complexity index is 1230. The van der Waals surface area contributed by atoms with Crippen molar-refractivity contribution in [2.24, 2.45) is 0 Å². The zero-order valence-electron chi connectivity index (χ0n) is 18.3. The van der Waals surface area contributed by atoms with Crippen LogP contribution in [0.25, 0.3) is 6.08 Å². The first-order chi connectivity index (χ1) is 15.5. The van der Waals surface area contributed by atoms with Crippen LogP contribution in [-0.2, 0) is 21.5 Å². The van der Waals surface area contributed by atoms with E-state index in [-0.39, 0.29) is 35.9 Å². The number of fused-ring (bicyclic) bond motifs is 1. The lowest BCUT2D eigenvalue weighted by molar-refractivity contribution is -0.121. The number of carboxylic acids is 1. The van der Waals surface area contributed by atoms with Crippen LogP contribution in [-0.4, -0.2) is 33.8 Å². The summed E-state index contributed by atoms with van der Waals surface area (Å²) >= 11 is 6.22. The molecule has 2 N–H and O–H groups in total. The Hall–Kier alpha value is -3.17. The summed E-state index contributed by atoms with van der Waals surface area (Å²) in [6, 6.07) is 10.5. The number of benzene rings is 2. The van der Waals surface area contributed by atoms with Gasteiger partial charge in [-0.05, 0) is 52.4 Å². The van der Waals surface area contributed by atoms with Gasteiger partial charge >= 0.3 is 5.97 Å². The van der Waals surface area contributed by atoms with E-state index in [2.05, 4.69) is 5.32 Å². The van der Waals surface area contributed by atoms with E-state index in [4.69, 9.17) is 17.0 Å². The standard InChI is InChI=1S/C24H22N2O5S2/c1-24(2,3)16-7-14(6-15(10-16)22(29)30)11-26-17-8-13(4-5-18(17)31-12-20(26)27)9-19-21(28)25-23(32)33-19/h4-10H,11-12H2,1-3H3,(H,29,30)(H,25,28,32)/b19-9+. The van der Waals surface area contributed by atoms with Crippen LogP contribution in [0.4, 0.5) is 5.69 Å². The summed E-state index contributed by atoms with van der Waals surface area (Å²) < 4.78 is 6.00. The van der Waals surface area contributed by atoms with Crippen LogP contribution in [0.15, 0.2) is 41.3 Å². The van der Waals surface area contributed by atoms with Gasteiger partial charge < -0.3 is 20.1 Å². The lowest BCUT2D eigenvalue weighted by Crippen LogP contribution is -2.38. The van der Waals surface area contributed by atoms with Crippen LogP contribution in [0, 0.1) is 0 Å². The highest BCUT2D eigenvalue weighted by atomic mass is 32.2. The zero-order chi connectivity index (χ0) is 23.9. The fraction of sp³-hybridized carbons (Fsp3) is 0.250. The smallest absolute Gasteiger partial charge is 0.335 e. The quantitative estimate of drug-likeness (QED) is 0.500. The van der Waals surface area contributed by atoms with Crippen molar-refractivity contribution in [3.05, 3.63) is 63.6 Å². The number of nitrogens with one attached hydrogen (secondary N) is 1. The Morgan fingerprint density at radius 3 is 2.64 bits per heavy atom. The second-order valence-corrected chi connectivity index (χ2v) is 10.5. The van der Waals surface area contributed by atoms with Crippen LogP contribution in [0.3, 0.4) is 0 Å². The fourth-order valence-electron chi connectivity index (χ4n) is 3.58. The SMILES string of the molecule is CC(C)(C)c1cc(CN2C(=O)COc3ccc(/C=C4/SC(=S)NC4=O)cc32)cc(C(=O)O)c1. The van der Waals surface area contributed by atoms with Crippen LogP contribution in [0.1, 0.15) is 47.8 Å². The molecule has 2 aliphatic heterocycles. The molecule has 0 aliphatic carbocycles. The fourth-order valence-corrected chi connectivity index (χ4v) is 4.62. The molecule has 0 aromatic heterocycles. The molecule has 0 radical (unpaired) electrons. The van der Waals surface area contributed by atoms with E-state index in [1.54, 1.807) is 41.3 Å². The molecule has 0 atom stereocenters. The second kappa shape index (κ2) is 8.64. The third-order valence-corrected chi connectivity index (χ3v) is 6.47. The normalized spacial score (nSPS) is 17.1. The summed E-state index contributed by atoms with van der Waals surface area (Å²) in [4.78, 5) is 38.6. The van der Waals surface area contributed by atoms with E-state index in [9.17, 15) is 19.5 Å². The minimum atomic E-state index is -1.02. The van der Waals surface area contributed by atoms with E-state index in [0.717, 1.165) is 5.56 Å². The van der Waals surface area contributed by atoms with Crippen molar-refractivity contribution >= 4 is 57.8 Å². The number of carbonyl (C=O) groups is 3. The van der Waals surface area contributed by atoms with E-state index in [1.165, 1.54) is 11.8 Å². The molecule has 0 saturated carbocycles. The van der Waals surface area contributed by atoms with Gasteiger partial charge in [0.15, 0.2) is 6.61 Å². The molecule has 0 bridgehead atoms. The minimum Gasteiger partial charge on any atom is -0.482 e. The maximum atomic E-state index is 12.8. The van der Waals surface area contributed by atoms with Gasteiger partial charge in [0.2, 0.25) is 0 Å². The molecular weight excluding hydrogens is 460 g/mol. The highest BCUT2D eigenvalue weighted by Crippen LogP contribution is 2.36. The number of nitrogens with zero attached hydrogens (tertiary/aromatic N) is 1. The Kier molecular flexibility index (Phi) is 6.02. The molecule has 9 heteroatoms. The largest absolute Gasteiger partial charge is 0.482 e. The summed E-state index contributed by atoms with van der Waals surface area (Å²) in [5.41, 5.74) is 2.78. The van der Waals surface area contributed by atoms with Gasteiger partial charge in [-0.25, -0.2) is 4.79 Å². The third kappa shape index (κ3) is 4.94. The minimum absolute atomic E-state index is 0.106. The Labute approximate surface area is 200 Å². The van der Waals surface area contributed by atoms with Crippen molar-refractivity contribution < 1.29 is 24.2 Å². The maximum absolute atomic E-state index is 12.8. The average molecular weight is 483 g/mol. The van der Waals surface area contributed by atoms with E-state index in [0.29, 0.717) is 31.8 Å². The Balaban J connectivity index is 1.72. The van der Waals surface area contributed by atoms with Crippen molar-refractivity contribution in [1.82, 2.24) is 5.32 Å². The molecule has 1 fully saturated rings. The number of aromatic carboxylic acids is 1. The summed E-state index contributed by atoms with van der Waals surface area (Å²) in [5.74, 6) is -0.969. The third-order valence-electron chi connectivity index (χ3n) is 5.31. The number of thiocarbonyl (C=S) groups is 1.